The van der Waals surface area contributed by atoms with E-state index in [4.69, 9.17) is 15.0 Å². The number of hydrogen-bond donors (Lipinski definition) is 1. The average molecular weight is 350 g/mol. The zero-order chi connectivity index (χ0) is 18.0. The number of hydrogen-bond acceptors (Lipinski definition) is 6. The molecule has 22 heavy (non-hydrogen) atoms. The maximum Gasteiger partial charge on any atom is 0.257 e. The van der Waals surface area contributed by atoms with E-state index >= 15 is 0 Å². The third-order valence-corrected chi connectivity index (χ3v) is 5.45. The molecule has 0 atom stereocenters. The van der Waals surface area contributed by atoms with Gasteiger partial charge in [0, 0.05) is 32.2 Å². The molecule has 0 radical (unpaired) electrons. The van der Waals surface area contributed by atoms with Gasteiger partial charge in [-0.15, -0.1) is 12.4 Å². The van der Waals surface area contributed by atoms with Gasteiger partial charge in [-0.25, -0.2) is 13.4 Å². The standard InChI is InChI=1S/C13H15N3O4S.ClH/c17-21(18,16-7-9-4-14-5-10(9)8-16)11-3-12-13(15-6-11)20-2-1-19-12;/h3,6,14H,1-2,4-5,7-8H2;1H/i1D2,2D2;. The molecule has 1 aromatic heterocycles. The van der Waals surface area contributed by atoms with Crippen molar-refractivity contribution in [1.29, 1.82) is 0 Å². The van der Waals surface area contributed by atoms with Gasteiger partial charge in [0.15, 0.2) is 5.75 Å². The lowest BCUT2D eigenvalue weighted by atomic mass is 10.2. The minimum atomic E-state index is -3.83. The van der Waals surface area contributed by atoms with Crippen LogP contribution in [-0.4, -0.2) is 57.0 Å². The summed E-state index contributed by atoms with van der Waals surface area (Å²) in [5.41, 5.74) is 2.14. The summed E-state index contributed by atoms with van der Waals surface area (Å²) in [5.74, 6) is -0.534. The Morgan fingerprint density at radius 3 is 2.64 bits per heavy atom. The molecule has 0 fully saturated rings. The molecule has 0 bridgehead atoms. The summed E-state index contributed by atoms with van der Waals surface area (Å²) in [7, 11) is -3.83. The number of nitrogens with one attached hydrogen (secondary N) is 1. The van der Waals surface area contributed by atoms with Crippen LogP contribution in [0, 0.1) is 0 Å². The summed E-state index contributed by atoms with van der Waals surface area (Å²) < 4.78 is 67.0. The fraction of sp³-hybridized carbons (Fsp3) is 0.462. The van der Waals surface area contributed by atoms with Gasteiger partial charge in [0.25, 0.3) is 5.88 Å². The second kappa shape index (κ2) is 5.69. The van der Waals surface area contributed by atoms with Crippen molar-refractivity contribution in [2.45, 2.75) is 4.90 Å². The fourth-order valence-electron chi connectivity index (χ4n) is 2.60. The van der Waals surface area contributed by atoms with Gasteiger partial charge in [0.05, 0.1) is 11.7 Å². The lowest BCUT2D eigenvalue weighted by Gasteiger charge is -2.20. The minimum Gasteiger partial charge on any atom is -0.484 e. The zero-order valence-electron chi connectivity index (χ0n) is 15.3. The summed E-state index contributed by atoms with van der Waals surface area (Å²) in [6.07, 6.45) is 1.07. The van der Waals surface area contributed by atoms with Gasteiger partial charge >= 0.3 is 0 Å². The van der Waals surface area contributed by atoms with Crippen molar-refractivity contribution in [3.63, 3.8) is 0 Å². The van der Waals surface area contributed by atoms with Crippen LogP contribution in [0.1, 0.15) is 5.48 Å². The highest BCUT2D eigenvalue weighted by Gasteiger charge is 2.34. The van der Waals surface area contributed by atoms with E-state index in [1.807, 2.05) is 0 Å². The van der Waals surface area contributed by atoms with E-state index in [-0.39, 0.29) is 28.9 Å². The van der Waals surface area contributed by atoms with Crippen molar-refractivity contribution in [2.24, 2.45) is 0 Å². The largest absolute Gasteiger partial charge is 0.484 e. The van der Waals surface area contributed by atoms with E-state index < -0.39 is 23.1 Å². The summed E-state index contributed by atoms with van der Waals surface area (Å²) in [5, 5.41) is 3.17. The molecule has 3 aliphatic heterocycles. The molecule has 1 N–H and O–H groups in total. The van der Waals surface area contributed by atoms with Crippen LogP contribution in [-0.2, 0) is 10.0 Å². The van der Waals surface area contributed by atoms with Crippen molar-refractivity contribution in [3.8, 4) is 11.6 Å². The maximum atomic E-state index is 12.8. The van der Waals surface area contributed by atoms with Gasteiger partial charge in [-0.1, -0.05) is 0 Å². The highest BCUT2D eigenvalue weighted by atomic mass is 35.5. The van der Waals surface area contributed by atoms with Gasteiger partial charge in [-0.3, -0.25) is 0 Å². The Bertz CT molecular complexity index is 877. The SMILES string of the molecule is Cl.[2H]C1([2H])Oc2cc(S(=O)(=O)N3CC4=C(CNC4)C3)cnc2OC1([2H])[2H]. The Labute approximate surface area is 140 Å². The van der Waals surface area contributed by atoms with Crippen LogP contribution in [0.5, 0.6) is 11.6 Å². The normalized spacial score (nSPS) is 28.0. The number of fused-ring (bicyclic) bond motifs is 1. The lowest BCUT2D eigenvalue weighted by Crippen LogP contribution is -2.32. The molecule has 7 nitrogen and oxygen atoms in total. The first kappa shape index (κ1) is 11.2. The predicted octanol–water partition coefficient (Wildman–Crippen LogP) is 0.179. The van der Waals surface area contributed by atoms with E-state index in [2.05, 4.69) is 10.3 Å². The van der Waals surface area contributed by atoms with Gasteiger partial charge in [0.2, 0.25) is 10.0 Å². The van der Waals surface area contributed by atoms with Gasteiger partial charge in [-0.05, 0) is 11.1 Å². The van der Waals surface area contributed by atoms with Crippen molar-refractivity contribution < 1.29 is 23.4 Å². The number of ether oxygens (including phenoxy) is 2. The minimum absolute atomic E-state index is 0. The summed E-state index contributed by atoms with van der Waals surface area (Å²) in [4.78, 5) is 3.65. The molecular weight excluding hydrogens is 330 g/mol. The first-order valence-corrected chi connectivity index (χ1v) is 7.83. The summed E-state index contributed by atoms with van der Waals surface area (Å²) in [6, 6.07) is 1.12. The van der Waals surface area contributed by atoms with E-state index in [0.29, 0.717) is 26.2 Å². The molecule has 0 unspecified atom stereocenters. The summed E-state index contributed by atoms with van der Waals surface area (Å²) >= 11 is 0. The van der Waals surface area contributed by atoms with Crippen LogP contribution < -0.4 is 14.8 Å². The number of halogens is 1. The number of rotatable bonds is 2. The first-order valence-electron chi connectivity index (χ1n) is 8.39. The van der Waals surface area contributed by atoms with Crippen molar-refractivity contribution in [1.82, 2.24) is 14.6 Å². The third-order valence-electron chi connectivity index (χ3n) is 3.69. The number of aromatic nitrogens is 1. The van der Waals surface area contributed by atoms with Crippen LogP contribution in [0.25, 0.3) is 0 Å². The van der Waals surface area contributed by atoms with Crippen LogP contribution in [0.4, 0.5) is 0 Å². The zero-order valence-corrected chi connectivity index (χ0v) is 13.0. The van der Waals surface area contributed by atoms with Crippen LogP contribution >= 0.6 is 12.4 Å². The molecule has 0 saturated carbocycles. The Morgan fingerprint density at radius 2 is 1.91 bits per heavy atom. The van der Waals surface area contributed by atoms with Crippen LogP contribution in [0.15, 0.2) is 28.3 Å². The quantitative estimate of drug-likeness (QED) is 0.767. The molecule has 4 rings (SSSR count). The van der Waals surface area contributed by atoms with E-state index in [1.165, 1.54) is 4.31 Å². The smallest absolute Gasteiger partial charge is 0.257 e. The molecule has 1 aromatic rings. The Morgan fingerprint density at radius 1 is 1.23 bits per heavy atom. The maximum absolute atomic E-state index is 12.8. The van der Waals surface area contributed by atoms with Crippen molar-refractivity contribution in [2.75, 3.05) is 39.3 Å². The second-order valence-corrected chi connectivity index (χ2v) is 6.90. The van der Waals surface area contributed by atoms with Gasteiger partial charge in [-0.2, -0.15) is 4.31 Å². The average Bonchev–Trinajstić information content (AvgIpc) is 3.08. The Hall–Kier alpha value is -1.35. The van der Waals surface area contributed by atoms with Gasteiger partial charge < -0.3 is 14.8 Å². The highest BCUT2D eigenvalue weighted by molar-refractivity contribution is 7.89. The molecule has 3 aliphatic rings. The predicted molar refractivity (Wildman–Crippen MR) is 81.1 cm³/mol. The third kappa shape index (κ3) is 2.45. The molecule has 120 valence electrons. The molecular formula is C13H16ClN3O4S. The van der Waals surface area contributed by atoms with Gasteiger partial charge in [0.1, 0.15) is 18.0 Å². The summed E-state index contributed by atoms with van der Waals surface area (Å²) in [6.45, 7) is -3.54. The Kier molecular flexibility index (Phi) is 2.90. The molecule has 0 aromatic carbocycles. The monoisotopic (exact) mass is 349 g/mol. The van der Waals surface area contributed by atoms with E-state index in [9.17, 15) is 8.42 Å². The molecule has 0 aliphatic carbocycles. The number of pyridine rings is 1. The van der Waals surface area contributed by atoms with Crippen molar-refractivity contribution in [3.05, 3.63) is 23.4 Å². The second-order valence-electron chi connectivity index (χ2n) is 4.97. The molecule has 4 heterocycles. The van der Waals surface area contributed by atoms with Crippen LogP contribution in [0.3, 0.4) is 0 Å². The number of nitrogens with zero attached hydrogens (tertiary/aromatic N) is 2. The lowest BCUT2D eigenvalue weighted by molar-refractivity contribution is 0.163. The topological polar surface area (TPSA) is 80.8 Å². The fourth-order valence-corrected chi connectivity index (χ4v) is 3.99. The number of sulfonamides is 1. The Balaban J connectivity index is 0.00000196. The highest BCUT2D eigenvalue weighted by Crippen LogP contribution is 2.32. The molecule has 0 saturated heterocycles. The molecule has 0 spiro atoms. The van der Waals surface area contributed by atoms with E-state index in [0.717, 1.165) is 23.4 Å². The molecule has 0 amide bonds. The van der Waals surface area contributed by atoms with E-state index in [1.54, 1.807) is 0 Å². The molecule has 9 heteroatoms. The van der Waals surface area contributed by atoms with Crippen LogP contribution in [0.2, 0.25) is 0 Å². The van der Waals surface area contributed by atoms with Crippen molar-refractivity contribution >= 4 is 22.4 Å². The first-order chi connectivity index (χ1) is 11.6.